The van der Waals surface area contributed by atoms with Gasteiger partial charge in [-0.05, 0) is 38.3 Å². The zero-order valence-electron chi connectivity index (χ0n) is 18.6. The summed E-state index contributed by atoms with van der Waals surface area (Å²) in [5, 5.41) is 0. The first-order chi connectivity index (χ1) is 15.5. The van der Waals surface area contributed by atoms with Crippen LogP contribution in [0.4, 0.5) is 5.95 Å². The van der Waals surface area contributed by atoms with Gasteiger partial charge in [0.2, 0.25) is 17.8 Å². The standard InChI is InChI=1S/C23H31N5O4/c1-32-23-6-5-16(17(29)15-23)18-19(23)21(31)28(20(18)30)10-3-2-9-26-11-13-27(14-12-26)22-24-7-4-8-25-22/h4,7-8,16,18-19H,2-3,5-6,9-15H2,1H3/t16-,18?,19?,23-/m0/s1. The number of amides is 2. The number of methoxy groups -OCH3 is 1. The Morgan fingerprint density at radius 2 is 1.75 bits per heavy atom. The van der Waals surface area contributed by atoms with Crippen LogP contribution in [0.5, 0.6) is 0 Å². The fourth-order valence-electron chi connectivity index (χ4n) is 6.18. The van der Waals surface area contributed by atoms with E-state index in [2.05, 4.69) is 19.8 Å². The summed E-state index contributed by atoms with van der Waals surface area (Å²) >= 11 is 0. The fourth-order valence-corrected chi connectivity index (χ4v) is 6.18. The van der Waals surface area contributed by atoms with Crippen molar-refractivity contribution in [3.63, 3.8) is 0 Å². The number of piperazine rings is 1. The maximum absolute atomic E-state index is 13.2. The zero-order chi connectivity index (χ0) is 22.3. The van der Waals surface area contributed by atoms with Crippen LogP contribution >= 0.6 is 0 Å². The van der Waals surface area contributed by atoms with E-state index in [1.54, 1.807) is 19.5 Å². The monoisotopic (exact) mass is 441 g/mol. The van der Waals surface area contributed by atoms with E-state index in [0.717, 1.165) is 51.5 Å². The Bertz CT molecular complexity index is 888. The Morgan fingerprint density at radius 3 is 2.44 bits per heavy atom. The molecule has 9 nitrogen and oxygen atoms in total. The second-order valence-electron chi connectivity index (χ2n) is 9.47. The van der Waals surface area contributed by atoms with Crippen molar-refractivity contribution in [1.82, 2.24) is 19.8 Å². The van der Waals surface area contributed by atoms with Crippen molar-refractivity contribution in [1.29, 1.82) is 0 Å². The Balaban J connectivity index is 1.11. The summed E-state index contributed by atoms with van der Waals surface area (Å²) < 4.78 is 5.72. The first-order valence-electron chi connectivity index (χ1n) is 11.7. The van der Waals surface area contributed by atoms with Gasteiger partial charge in [-0.1, -0.05) is 0 Å². The molecule has 5 fully saturated rings. The molecule has 9 heteroatoms. The Hall–Kier alpha value is -2.39. The molecular weight excluding hydrogens is 410 g/mol. The van der Waals surface area contributed by atoms with Crippen molar-refractivity contribution in [2.75, 3.05) is 51.3 Å². The quantitative estimate of drug-likeness (QED) is 0.452. The molecule has 2 unspecified atom stereocenters. The van der Waals surface area contributed by atoms with Gasteiger partial charge in [0.05, 0.1) is 17.4 Å². The minimum absolute atomic E-state index is 0.0856. The molecule has 0 N–H and O–H groups in total. The van der Waals surface area contributed by atoms with E-state index in [1.807, 2.05) is 6.07 Å². The van der Waals surface area contributed by atoms with Crippen molar-refractivity contribution in [3.8, 4) is 0 Å². The van der Waals surface area contributed by atoms with Crippen LogP contribution in [0.25, 0.3) is 0 Å². The molecule has 32 heavy (non-hydrogen) atoms. The Morgan fingerprint density at radius 1 is 1.03 bits per heavy atom. The number of likely N-dealkylation sites (tertiary alicyclic amines) is 1. The number of hydrogen-bond acceptors (Lipinski definition) is 8. The number of carbonyl (C=O) groups is 3. The molecule has 0 aromatic carbocycles. The maximum atomic E-state index is 13.2. The van der Waals surface area contributed by atoms with Crippen molar-refractivity contribution in [2.45, 2.75) is 37.7 Å². The summed E-state index contributed by atoms with van der Waals surface area (Å²) in [6, 6.07) is 1.82. The lowest BCUT2D eigenvalue weighted by Crippen LogP contribution is -2.59. The minimum Gasteiger partial charge on any atom is -0.377 e. The summed E-state index contributed by atoms with van der Waals surface area (Å²) in [4.78, 5) is 53.4. The Labute approximate surface area is 188 Å². The molecule has 1 aromatic rings. The largest absolute Gasteiger partial charge is 0.377 e. The fraction of sp³-hybridized carbons (Fsp3) is 0.696. The molecule has 0 spiro atoms. The number of ketones is 1. The normalized spacial score (nSPS) is 32.7. The molecule has 0 radical (unpaired) electrons. The predicted molar refractivity (Wildman–Crippen MR) is 116 cm³/mol. The molecule has 3 aliphatic carbocycles. The van der Waals surface area contributed by atoms with Gasteiger partial charge in [-0.25, -0.2) is 9.97 Å². The van der Waals surface area contributed by atoms with E-state index in [1.165, 1.54) is 4.90 Å². The molecular formula is C23H31N5O4. The Kier molecular flexibility index (Phi) is 5.71. The second-order valence-corrected chi connectivity index (χ2v) is 9.47. The van der Waals surface area contributed by atoms with Gasteiger partial charge in [0.15, 0.2) is 0 Å². The van der Waals surface area contributed by atoms with Gasteiger partial charge in [-0.3, -0.25) is 24.2 Å². The molecule has 2 amide bonds. The van der Waals surface area contributed by atoms with Crippen LogP contribution in [0.15, 0.2) is 18.5 Å². The first kappa shape index (κ1) is 21.5. The third kappa shape index (κ3) is 3.51. The second kappa shape index (κ2) is 8.51. The predicted octanol–water partition coefficient (Wildman–Crippen LogP) is 0.748. The van der Waals surface area contributed by atoms with Crippen LogP contribution in [0, 0.1) is 17.8 Å². The molecule has 3 heterocycles. The highest BCUT2D eigenvalue weighted by atomic mass is 16.5. The number of rotatable bonds is 7. The highest BCUT2D eigenvalue weighted by molar-refractivity contribution is 6.09. The number of nitrogens with zero attached hydrogens (tertiary/aromatic N) is 5. The molecule has 2 aliphatic heterocycles. The third-order valence-electron chi connectivity index (χ3n) is 7.93. The van der Waals surface area contributed by atoms with Crippen molar-refractivity contribution < 1.29 is 19.1 Å². The topological polar surface area (TPSA) is 95.9 Å². The van der Waals surface area contributed by atoms with Crippen molar-refractivity contribution >= 4 is 23.5 Å². The van der Waals surface area contributed by atoms with E-state index in [0.29, 0.717) is 19.4 Å². The van der Waals surface area contributed by atoms with Crippen molar-refractivity contribution in [3.05, 3.63) is 18.5 Å². The number of unbranched alkanes of at least 4 members (excludes halogenated alkanes) is 1. The zero-order valence-corrected chi connectivity index (χ0v) is 18.6. The number of aromatic nitrogens is 2. The lowest BCUT2D eigenvalue weighted by molar-refractivity contribution is -0.174. The van der Waals surface area contributed by atoms with Crippen molar-refractivity contribution in [2.24, 2.45) is 17.8 Å². The summed E-state index contributed by atoms with van der Waals surface area (Å²) in [6.07, 6.45) is 6.84. The van der Waals surface area contributed by atoms with Gasteiger partial charge in [0.1, 0.15) is 5.78 Å². The maximum Gasteiger partial charge on any atom is 0.236 e. The van der Waals surface area contributed by atoms with Crippen LogP contribution in [0.2, 0.25) is 0 Å². The molecule has 6 rings (SSSR count). The van der Waals surface area contributed by atoms with Crippen LogP contribution in [-0.2, 0) is 19.1 Å². The van der Waals surface area contributed by atoms with Gasteiger partial charge in [0.25, 0.3) is 0 Å². The lowest BCUT2D eigenvalue weighted by Gasteiger charge is -2.49. The van der Waals surface area contributed by atoms with Gasteiger partial charge < -0.3 is 9.64 Å². The number of imide groups is 1. The van der Waals surface area contributed by atoms with Gasteiger partial charge in [0, 0.05) is 64.6 Å². The SMILES string of the molecule is CO[C@@]12CC[C@@H](C(=O)C1)C1C(=O)N(CCCCN3CCN(c4ncccn4)CC3)C(=O)C12. The summed E-state index contributed by atoms with van der Waals surface area (Å²) in [5.41, 5.74) is -0.778. The molecule has 2 saturated heterocycles. The van der Waals surface area contributed by atoms with Crippen LogP contribution < -0.4 is 4.90 Å². The minimum atomic E-state index is -0.778. The highest BCUT2D eigenvalue weighted by Crippen LogP contribution is 2.55. The first-order valence-corrected chi connectivity index (χ1v) is 11.7. The van der Waals surface area contributed by atoms with E-state index < -0.39 is 17.4 Å². The molecule has 5 aliphatic rings. The number of ether oxygens (including phenoxy) is 1. The highest BCUT2D eigenvalue weighted by Gasteiger charge is 2.67. The van der Waals surface area contributed by atoms with E-state index >= 15 is 0 Å². The summed E-state index contributed by atoms with van der Waals surface area (Å²) in [6.45, 7) is 5.06. The molecule has 3 saturated carbocycles. The van der Waals surface area contributed by atoms with Crippen LogP contribution in [-0.4, -0.2) is 89.3 Å². The van der Waals surface area contributed by atoms with Crippen LogP contribution in [0.1, 0.15) is 32.1 Å². The van der Waals surface area contributed by atoms with E-state index in [4.69, 9.17) is 4.74 Å². The van der Waals surface area contributed by atoms with Gasteiger partial charge >= 0.3 is 0 Å². The van der Waals surface area contributed by atoms with E-state index in [-0.39, 0.29) is 29.9 Å². The average molecular weight is 442 g/mol. The molecule has 172 valence electrons. The molecule has 4 atom stereocenters. The number of hydrogen-bond donors (Lipinski definition) is 0. The van der Waals surface area contributed by atoms with Gasteiger partial charge in [-0.2, -0.15) is 0 Å². The third-order valence-corrected chi connectivity index (χ3v) is 7.93. The lowest BCUT2D eigenvalue weighted by atomic mass is 9.56. The summed E-state index contributed by atoms with van der Waals surface area (Å²) in [7, 11) is 1.57. The number of carbonyl (C=O) groups excluding carboxylic acids is 3. The summed E-state index contributed by atoms with van der Waals surface area (Å²) in [5.74, 6) is -0.714. The molecule has 2 bridgehead atoms. The van der Waals surface area contributed by atoms with Gasteiger partial charge in [-0.15, -0.1) is 0 Å². The van der Waals surface area contributed by atoms with Crippen LogP contribution in [0.3, 0.4) is 0 Å². The number of fused-ring (bicyclic) bond motifs is 2. The smallest absolute Gasteiger partial charge is 0.236 e. The number of anilines is 1. The van der Waals surface area contributed by atoms with E-state index in [9.17, 15) is 14.4 Å². The average Bonchev–Trinajstić information content (AvgIpc) is 3.09. The number of Topliss-reactive ketones (excluding diaryl/α,β-unsaturated/α-hetero) is 1. The molecule has 1 aromatic heterocycles.